The van der Waals surface area contributed by atoms with Crippen molar-refractivity contribution in [1.82, 2.24) is 4.90 Å². The van der Waals surface area contributed by atoms with Gasteiger partial charge in [0.25, 0.3) is 0 Å². The highest BCUT2D eigenvalue weighted by atomic mass is 16.6. The highest BCUT2D eigenvalue weighted by Crippen LogP contribution is 2.36. The number of nitrogens with two attached hydrogens (primary N) is 1. The molecular formula is C14H28N2O2. The van der Waals surface area contributed by atoms with Gasteiger partial charge in [-0.3, -0.25) is 0 Å². The molecule has 0 aliphatic carbocycles. The van der Waals surface area contributed by atoms with Gasteiger partial charge in [0.05, 0.1) is 0 Å². The Morgan fingerprint density at radius 1 is 1.44 bits per heavy atom. The molecule has 1 heterocycles. The Morgan fingerprint density at radius 3 is 2.56 bits per heavy atom. The molecule has 0 aromatic heterocycles. The molecule has 106 valence electrons. The third-order valence-corrected chi connectivity index (χ3v) is 3.44. The molecule has 1 atom stereocenters. The van der Waals surface area contributed by atoms with Crippen molar-refractivity contribution in [2.45, 2.75) is 77.5 Å². The van der Waals surface area contributed by atoms with E-state index < -0.39 is 5.60 Å². The molecular weight excluding hydrogens is 228 g/mol. The Balaban J connectivity index is 2.75. The van der Waals surface area contributed by atoms with E-state index in [1.807, 2.05) is 25.7 Å². The molecule has 0 bridgehead atoms. The first-order valence-electron chi connectivity index (χ1n) is 6.90. The first-order chi connectivity index (χ1) is 8.17. The number of rotatable bonds is 3. The fourth-order valence-electron chi connectivity index (χ4n) is 2.60. The molecule has 1 amide bonds. The highest BCUT2D eigenvalue weighted by Gasteiger charge is 2.43. The predicted octanol–water partition coefficient (Wildman–Crippen LogP) is 2.90. The molecule has 18 heavy (non-hydrogen) atoms. The van der Waals surface area contributed by atoms with Crippen LogP contribution in [0.2, 0.25) is 0 Å². The molecule has 0 radical (unpaired) electrons. The lowest BCUT2D eigenvalue weighted by Crippen LogP contribution is -2.49. The minimum atomic E-state index is -0.436. The Labute approximate surface area is 111 Å². The molecule has 4 heteroatoms. The van der Waals surface area contributed by atoms with E-state index in [0.717, 1.165) is 25.7 Å². The molecule has 1 fully saturated rings. The second kappa shape index (κ2) is 5.47. The maximum absolute atomic E-state index is 12.3. The Kier molecular flexibility index (Phi) is 4.65. The number of amides is 1. The fraction of sp³-hybridized carbons (Fsp3) is 0.929. The van der Waals surface area contributed by atoms with Gasteiger partial charge in [-0.05, 0) is 66.8 Å². The largest absolute Gasteiger partial charge is 0.444 e. The highest BCUT2D eigenvalue weighted by molar-refractivity contribution is 5.70. The fourth-order valence-corrected chi connectivity index (χ4v) is 2.60. The number of hydrogen-bond acceptors (Lipinski definition) is 3. The Hall–Kier alpha value is -0.770. The predicted molar refractivity (Wildman–Crippen MR) is 73.5 cm³/mol. The van der Waals surface area contributed by atoms with Crippen molar-refractivity contribution in [3.63, 3.8) is 0 Å². The quantitative estimate of drug-likeness (QED) is 0.844. The summed E-state index contributed by atoms with van der Waals surface area (Å²) in [4.78, 5) is 14.2. The van der Waals surface area contributed by atoms with Crippen LogP contribution >= 0.6 is 0 Å². The summed E-state index contributed by atoms with van der Waals surface area (Å²) in [5.74, 6) is 0. The van der Waals surface area contributed by atoms with Crippen LogP contribution in [-0.4, -0.2) is 34.7 Å². The Morgan fingerprint density at radius 2 is 2.06 bits per heavy atom. The van der Waals surface area contributed by atoms with E-state index in [2.05, 4.69) is 13.8 Å². The summed E-state index contributed by atoms with van der Waals surface area (Å²) in [6, 6.07) is 0.276. The number of carbonyl (C=O) groups is 1. The second-order valence-corrected chi connectivity index (χ2v) is 6.79. The monoisotopic (exact) mass is 256 g/mol. The summed E-state index contributed by atoms with van der Waals surface area (Å²) in [6.45, 7) is 10.6. The minimum absolute atomic E-state index is 0.110. The zero-order chi connectivity index (χ0) is 14.0. The number of ether oxygens (including phenoxy) is 1. The number of likely N-dealkylation sites (tertiary alicyclic amines) is 1. The van der Waals surface area contributed by atoms with E-state index >= 15 is 0 Å². The van der Waals surface area contributed by atoms with Gasteiger partial charge in [0.2, 0.25) is 0 Å². The van der Waals surface area contributed by atoms with E-state index in [0.29, 0.717) is 6.54 Å². The molecule has 0 unspecified atom stereocenters. The van der Waals surface area contributed by atoms with Gasteiger partial charge in [0.1, 0.15) is 5.60 Å². The van der Waals surface area contributed by atoms with Gasteiger partial charge in [-0.1, -0.05) is 0 Å². The number of nitrogens with zero attached hydrogens (tertiary/aromatic N) is 1. The van der Waals surface area contributed by atoms with Crippen LogP contribution in [0.15, 0.2) is 0 Å². The van der Waals surface area contributed by atoms with Crippen molar-refractivity contribution in [2.75, 3.05) is 6.54 Å². The average molecular weight is 256 g/mol. The first-order valence-corrected chi connectivity index (χ1v) is 6.90. The van der Waals surface area contributed by atoms with Crippen LogP contribution in [0.3, 0.4) is 0 Å². The van der Waals surface area contributed by atoms with Gasteiger partial charge in [-0.15, -0.1) is 0 Å². The maximum Gasteiger partial charge on any atom is 0.410 e. The van der Waals surface area contributed by atoms with Gasteiger partial charge in [-0.25, -0.2) is 4.79 Å². The second-order valence-electron chi connectivity index (χ2n) is 6.79. The van der Waals surface area contributed by atoms with E-state index in [4.69, 9.17) is 10.5 Å². The SMILES string of the molecule is CC(C)(C)OC(=O)N1[C@@H](CCCN)CCC1(C)C. The molecule has 0 aromatic rings. The summed E-state index contributed by atoms with van der Waals surface area (Å²) in [6.07, 6.45) is 3.82. The van der Waals surface area contributed by atoms with Crippen LogP contribution in [0.5, 0.6) is 0 Å². The lowest BCUT2D eigenvalue weighted by Gasteiger charge is -2.37. The lowest BCUT2D eigenvalue weighted by molar-refractivity contribution is 0.00293. The molecule has 0 spiro atoms. The van der Waals surface area contributed by atoms with Gasteiger partial charge in [0, 0.05) is 11.6 Å². The summed E-state index contributed by atoms with van der Waals surface area (Å²) < 4.78 is 5.52. The van der Waals surface area contributed by atoms with Crippen LogP contribution < -0.4 is 5.73 Å². The van der Waals surface area contributed by atoms with Gasteiger partial charge >= 0.3 is 6.09 Å². The molecule has 4 nitrogen and oxygen atoms in total. The summed E-state index contributed by atoms with van der Waals surface area (Å²) in [5.41, 5.74) is 5.02. The first kappa shape index (κ1) is 15.3. The smallest absolute Gasteiger partial charge is 0.410 e. The van der Waals surface area contributed by atoms with E-state index in [1.54, 1.807) is 0 Å². The summed E-state index contributed by atoms with van der Waals surface area (Å²) >= 11 is 0. The topological polar surface area (TPSA) is 55.6 Å². The molecule has 1 saturated heterocycles. The third kappa shape index (κ3) is 3.87. The molecule has 1 aliphatic rings. The van der Waals surface area contributed by atoms with Crippen molar-refractivity contribution in [3.8, 4) is 0 Å². The molecule has 1 rings (SSSR count). The molecule has 1 aliphatic heterocycles. The van der Waals surface area contributed by atoms with Crippen molar-refractivity contribution in [2.24, 2.45) is 5.73 Å². The van der Waals surface area contributed by atoms with Crippen LogP contribution in [0.4, 0.5) is 4.79 Å². The van der Waals surface area contributed by atoms with E-state index in [9.17, 15) is 4.79 Å². The maximum atomic E-state index is 12.3. The van der Waals surface area contributed by atoms with Gasteiger partial charge in [-0.2, -0.15) is 0 Å². The van der Waals surface area contributed by atoms with E-state index in [1.165, 1.54) is 0 Å². The van der Waals surface area contributed by atoms with E-state index in [-0.39, 0.29) is 17.7 Å². The van der Waals surface area contributed by atoms with Crippen molar-refractivity contribution in [3.05, 3.63) is 0 Å². The summed E-state index contributed by atoms with van der Waals surface area (Å²) in [7, 11) is 0. The zero-order valence-corrected chi connectivity index (χ0v) is 12.5. The Bertz CT molecular complexity index is 295. The van der Waals surface area contributed by atoms with Crippen LogP contribution in [0.1, 0.15) is 60.3 Å². The van der Waals surface area contributed by atoms with Gasteiger partial charge in [0.15, 0.2) is 0 Å². The lowest BCUT2D eigenvalue weighted by atomic mass is 10.0. The van der Waals surface area contributed by atoms with Crippen LogP contribution in [0.25, 0.3) is 0 Å². The third-order valence-electron chi connectivity index (χ3n) is 3.44. The zero-order valence-electron chi connectivity index (χ0n) is 12.5. The molecule has 0 saturated carbocycles. The normalized spacial score (nSPS) is 23.2. The number of hydrogen-bond donors (Lipinski definition) is 1. The summed E-state index contributed by atoms with van der Waals surface area (Å²) in [5, 5.41) is 0. The standard InChI is InChI=1S/C14H28N2O2/c1-13(2,3)18-12(17)16-11(7-6-10-15)8-9-14(16,4)5/h11H,6-10,15H2,1-5H3/t11-/m0/s1. The number of carbonyl (C=O) groups excluding carboxylic acids is 1. The van der Waals surface area contributed by atoms with Crippen LogP contribution in [0, 0.1) is 0 Å². The van der Waals surface area contributed by atoms with Crippen molar-refractivity contribution < 1.29 is 9.53 Å². The average Bonchev–Trinajstić information content (AvgIpc) is 2.48. The van der Waals surface area contributed by atoms with Crippen molar-refractivity contribution in [1.29, 1.82) is 0 Å². The van der Waals surface area contributed by atoms with Crippen LogP contribution in [-0.2, 0) is 4.74 Å². The molecule has 2 N–H and O–H groups in total. The van der Waals surface area contributed by atoms with Crippen molar-refractivity contribution >= 4 is 6.09 Å². The molecule has 0 aromatic carbocycles. The van der Waals surface area contributed by atoms with Gasteiger partial charge < -0.3 is 15.4 Å². The minimum Gasteiger partial charge on any atom is -0.444 e.